The molecule has 2 heterocycles. The predicted molar refractivity (Wildman–Crippen MR) is 105 cm³/mol. The average Bonchev–Trinajstić information content (AvgIpc) is 2.74. The molecule has 4 rings (SSSR count). The van der Waals surface area contributed by atoms with Crippen LogP contribution in [-0.2, 0) is 4.74 Å². The van der Waals surface area contributed by atoms with E-state index in [0.717, 1.165) is 6.07 Å². The topological polar surface area (TPSA) is 171 Å². The summed E-state index contributed by atoms with van der Waals surface area (Å²) >= 11 is 0. The fourth-order valence-electron chi connectivity index (χ4n) is 3.38. The molecule has 0 amide bonds. The van der Waals surface area contributed by atoms with Crippen molar-refractivity contribution in [3.8, 4) is 34.3 Å². The summed E-state index contributed by atoms with van der Waals surface area (Å²) in [5, 5.41) is 69.4. The van der Waals surface area contributed by atoms with Crippen LogP contribution >= 0.6 is 0 Å². The van der Waals surface area contributed by atoms with Crippen LogP contribution in [0.2, 0.25) is 0 Å². The number of benzene rings is 2. The molecule has 0 spiro atoms. The van der Waals surface area contributed by atoms with Crippen LogP contribution in [0.4, 0.5) is 0 Å². The van der Waals surface area contributed by atoms with Crippen molar-refractivity contribution >= 4 is 11.0 Å². The van der Waals surface area contributed by atoms with Crippen LogP contribution in [0.1, 0.15) is 0 Å². The zero-order valence-corrected chi connectivity index (χ0v) is 16.0. The lowest BCUT2D eigenvalue weighted by Gasteiger charge is -2.39. The van der Waals surface area contributed by atoms with Crippen molar-refractivity contribution in [1.29, 1.82) is 0 Å². The van der Waals surface area contributed by atoms with Crippen LogP contribution in [0, 0.1) is 0 Å². The number of hydrogen-bond acceptors (Lipinski definition) is 9. The number of hydrogen-bond donors (Lipinski definition) is 7. The van der Waals surface area contributed by atoms with Gasteiger partial charge in [-0.2, -0.15) is 0 Å². The molecule has 5 atom stereocenters. The van der Waals surface area contributed by atoms with Crippen LogP contribution < -0.4 is 4.74 Å². The number of aliphatic hydroxyl groups excluding tert-OH is 4. The summed E-state index contributed by atoms with van der Waals surface area (Å²) < 4.78 is 17.0. The smallest absolute Gasteiger partial charge is 0.402 e. The number of phenolic OH excluding ortho intramolecular Hbond substituents is 3. The summed E-state index contributed by atoms with van der Waals surface area (Å²) in [6.07, 6.45) is -7.52. The van der Waals surface area contributed by atoms with Gasteiger partial charge < -0.3 is 45.2 Å². The van der Waals surface area contributed by atoms with Crippen LogP contribution in [0.5, 0.6) is 23.0 Å². The number of aliphatic hydroxyl groups is 4. The summed E-state index contributed by atoms with van der Waals surface area (Å²) in [6, 6.07) is 9.66. The van der Waals surface area contributed by atoms with Crippen molar-refractivity contribution in [2.75, 3.05) is 6.61 Å². The molecular weight excluding hydrogens is 412 g/mol. The van der Waals surface area contributed by atoms with Gasteiger partial charge in [0, 0.05) is 12.1 Å². The quantitative estimate of drug-likeness (QED) is 0.290. The van der Waals surface area contributed by atoms with E-state index in [1.54, 1.807) is 0 Å². The Morgan fingerprint density at radius 3 is 2.26 bits per heavy atom. The highest BCUT2D eigenvalue weighted by Gasteiger charge is 2.45. The van der Waals surface area contributed by atoms with Gasteiger partial charge in [-0.3, -0.25) is 0 Å². The normalized spacial score (nSPS) is 26.1. The monoisotopic (exact) mass is 433 g/mol. The number of rotatable bonds is 4. The first kappa shape index (κ1) is 21.1. The van der Waals surface area contributed by atoms with Gasteiger partial charge in [0.2, 0.25) is 12.0 Å². The van der Waals surface area contributed by atoms with Gasteiger partial charge in [0.15, 0.2) is 0 Å². The first-order chi connectivity index (χ1) is 14.8. The second-order valence-corrected chi connectivity index (χ2v) is 7.18. The Kier molecular flexibility index (Phi) is 5.56. The fraction of sp³-hybridized carbons (Fsp3) is 0.286. The molecule has 31 heavy (non-hydrogen) atoms. The molecule has 10 nitrogen and oxygen atoms in total. The maximum Gasteiger partial charge on any atom is 0.402 e. The van der Waals surface area contributed by atoms with E-state index in [2.05, 4.69) is 0 Å². The molecule has 3 aromatic rings. The Hall–Kier alpha value is -3.15. The summed E-state index contributed by atoms with van der Waals surface area (Å²) in [6.45, 7) is -0.627. The van der Waals surface area contributed by atoms with E-state index in [4.69, 9.17) is 13.9 Å². The Balaban J connectivity index is 1.81. The zero-order valence-electron chi connectivity index (χ0n) is 16.0. The molecule has 2 aromatic carbocycles. The Morgan fingerprint density at radius 1 is 0.871 bits per heavy atom. The molecular formula is C21H21O10+. The largest absolute Gasteiger partial charge is 0.508 e. The van der Waals surface area contributed by atoms with Crippen LogP contribution in [0.25, 0.3) is 22.3 Å². The predicted octanol–water partition coefficient (Wildman–Crippen LogP) is 0.676. The van der Waals surface area contributed by atoms with Gasteiger partial charge in [-0.15, -0.1) is 0 Å². The lowest BCUT2D eigenvalue weighted by molar-refractivity contribution is -0.277. The minimum absolute atomic E-state index is 0.0104. The number of phenols is 3. The van der Waals surface area contributed by atoms with E-state index in [1.807, 2.05) is 0 Å². The number of fused-ring (bicyclic) bond motifs is 1. The van der Waals surface area contributed by atoms with Crippen LogP contribution in [-0.4, -0.2) is 73.1 Å². The first-order valence-corrected chi connectivity index (χ1v) is 9.38. The summed E-state index contributed by atoms with van der Waals surface area (Å²) in [5.74, 6) is -0.420. The van der Waals surface area contributed by atoms with Gasteiger partial charge in [0.1, 0.15) is 47.1 Å². The van der Waals surface area contributed by atoms with Crippen molar-refractivity contribution < 1.29 is 49.6 Å². The second kappa shape index (κ2) is 8.17. The van der Waals surface area contributed by atoms with E-state index < -0.39 is 37.3 Å². The SMILES string of the molecule is OC[C@H]1O[C@@H](Oc2cc3c(O)cc(O)cc3[o+]c2-c2ccc(O)cc2)[C@H](O)[C@@H](O)[C@H]1O. The molecule has 1 aliphatic heterocycles. The summed E-state index contributed by atoms with van der Waals surface area (Å²) in [7, 11) is 0. The van der Waals surface area contributed by atoms with Gasteiger partial charge in [0.25, 0.3) is 0 Å². The minimum atomic E-state index is -1.66. The maximum atomic E-state index is 10.3. The third-order valence-electron chi connectivity index (χ3n) is 5.04. The van der Waals surface area contributed by atoms with Gasteiger partial charge in [-0.05, 0) is 24.3 Å². The Morgan fingerprint density at radius 2 is 1.58 bits per heavy atom. The van der Waals surface area contributed by atoms with Gasteiger partial charge in [0.05, 0.1) is 18.2 Å². The van der Waals surface area contributed by atoms with Crippen molar-refractivity contribution in [2.45, 2.75) is 30.7 Å². The molecule has 1 saturated heterocycles. The average molecular weight is 433 g/mol. The maximum absolute atomic E-state index is 10.3. The molecule has 0 unspecified atom stereocenters. The lowest BCUT2D eigenvalue weighted by Crippen LogP contribution is -2.60. The van der Waals surface area contributed by atoms with Crippen molar-refractivity contribution in [2.24, 2.45) is 0 Å². The highest BCUT2D eigenvalue weighted by molar-refractivity contribution is 5.88. The summed E-state index contributed by atoms with van der Waals surface area (Å²) in [5.41, 5.74) is 0.573. The van der Waals surface area contributed by atoms with E-state index in [9.17, 15) is 35.7 Å². The molecule has 1 aliphatic rings. The minimum Gasteiger partial charge on any atom is -0.508 e. The summed E-state index contributed by atoms with van der Waals surface area (Å²) in [4.78, 5) is 0. The van der Waals surface area contributed by atoms with Crippen molar-refractivity contribution in [3.63, 3.8) is 0 Å². The van der Waals surface area contributed by atoms with Gasteiger partial charge in [-0.25, -0.2) is 4.42 Å². The third-order valence-corrected chi connectivity index (χ3v) is 5.04. The van der Waals surface area contributed by atoms with Crippen LogP contribution in [0.3, 0.4) is 0 Å². The van der Waals surface area contributed by atoms with Crippen LogP contribution in [0.15, 0.2) is 46.9 Å². The first-order valence-electron chi connectivity index (χ1n) is 9.38. The van der Waals surface area contributed by atoms with E-state index in [1.165, 1.54) is 36.4 Å². The van der Waals surface area contributed by atoms with Gasteiger partial charge >= 0.3 is 11.3 Å². The molecule has 0 aliphatic carbocycles. The van der Waals surface area contributed by atoms with Gasteiger partial charge in [-0.1, -0.05) is 0 Å². The van der Waals surface area contributed by atoms with Crippen molar-refractivity contribution in [1.82, 2.24) is 0 Å². The highest BCUT2D eigenvalue weighted by atomic mass is 16.7. The van der Waals surface area contributed by atoms with E-state index in [0.29, 0.717) is 5.56 Å². The second-order valence-electron chi connectivity index (χ2n) is 7.18. The molecule has 0 radical (unpaired) electrons. The van der Waals surface area contributed by atoms with E-state index >= 15 is 0 Å². The molecule has 7 N–H and O–H groups in total. The number of ether oxygens (including phenoxy) is 2. The zero-order chi connectivity index (χ0) is 22.3. The molecule has 0 bridgehead atoms. The molecule has 164 valence electrons. The number of aromatic hydroxyl groups is 3. The molecule has 0 saturated carbocycles. The Labute approximate surface area is 175 Å². The van der Waals surface area contributed by atoms with Crippen molar-refractivity contribution in [3.05, 3.63) is 42.5 Å². The van der Waals surface area contributed by atoms with E-state index in [-0.39, 0.29) is 39.7 Å². The standard InChI is InChI=1S/C21H20O10/c22-8-16-17(26)18(27)19(28)21(31-16)30-15-7-12-13(25)5-11(24)6-14(12)29-20(15)9-1-3-10(23)4-2-9/h1-7,16-19,21-22,26-28H,8H2,(H2-,23,24,25)/p+1/t16-,17+,18+,19-,21-/m1/s1. The lowest BCUT2D eigenvalue weighted by atomic mass is 9.99. The molecule has 10 heteroatoms. The molecule has 1 aromatic heterocycles. The third kappa shape index (κ3) is 3.94. The molecule has 1 fully saturated rings. The fourth-order valence-corrected chi connectivity index (χ4v) is 3.38. The highest BCUT2D eigenvalue weighted by Crippen LogP contribution is 2.40. The Bertz CT molecular complexity index is 1080.